The van der Waals surface area contributed by atoms with Crippen molar-refractivity contribution in [2.75, 3.05) is 13.6 Å². The maximum absolute atomic E-state index is 9.19. The summed E-state index contributed by atoms with van der Waals surface area (Å²) in [5.74, 6) is 1.62. The van der Waals surface area contributed by atoms with E-state index in [1.807, 2.05) is 19.2 Å². The maximum atomic E-state index is 9.19. The fraction of sp³-hybridized carbons (Fsp3) is 0.385. The van der Waals surface area contributed by atoms with Crippen LogP contribution in [0.3, 0.4) is 0 Å². The molecule has 0 atom stereocenters. The number of nitrogens with zero attached hydrogens (tertiary/aromatic N) is 2. The highest BCUT2D eigenvalue weighted by Crippen LogP contribution is 2.13. The van der Waals surface area contributed by atoms with Crippen LogP contribution in [0.15, 0.2) is 28.8 Å². The van der Waals surface area contributed by atoms with E-state index >= 15 is 0 Å². The monoisotopic (exact) mass is 247 g/mol. The van der Waals surface area contributed by atoms with E-state index in [4.69, 9.17) is 4.52 Å². The molecule has 0 aliphatic heterocycles. The molecule has 0 fully saturated rings. The van der Waals surface area contributed by atoms with Gasteiger partial charge in [0.05, 0.1) is 6.42 Å². The van der Waals surface area contributed by atoms with Crippen molar-refractivity contribution < 1.29 is 9.63 Å². The van der Waals surface area contributed by atoms with Crippen molar-refractivity contribution in [2.24, 2.45) is 0 Å². The summed E-state index contributed by atoms with van der Waals surface area (Å²) >= 11 is 0. The Balaban J connectivity index is 1.91. The molecule has 0 amide bonds. The van der Waals surface area contributed by atoms with Gasteiger partial charge in [0.1, 0.15) is 5.75 Å². The smallest absolute Gasteiger partial charge is 0.231 e. The van der Waals surface area contributed by atoms with Crippen LogP contribution in [0.25, 0.3) is 0 Å². The summed E-state index contributed by atoms with van der Waals surface area (Å²) in [6, 6.07) is 7.00. The first kappa shape index (κ1) is 12.6. The average Bonchev–Trinajstić information content (AvgIpc) is 2.80. The Hall–Kier alpha value is -1.88. The molecular formula is C13H17N3O2. The van der Waals surface area contributed by atoms with E-state index in [9.17, 15) is 5.11 Å². The molecule has 0 aliphatic carbocycles. The van der Waals surface area contributed by atoms with Crippen molar-refractivity contribution >= 4 is 0 Å². The SMILES string of the molecule is CNCCCc1noc(Cc2ccc(O)cc2)n1. The number of phenols is 1. The first-order valence-corrected chi connectivity index (χ1v) is 6.02. The van der Waals surface area contributed by atoms with Gasteiger partial charge in [-0.25, -0.2) is 0 Å². The third kappa shape index (κ3) is 3.56. The molecular weight excluding hydrogens is 230 g/mol. The number of aromatic hydroxyl groups is 1. The molecule has 0 saturated heterocycles. The number of hydrogen-bond acceptors (Lipinski definition) is 5. The van der Waals surface area contributed by atoms with Gasteiger partial charge in [0, 0.05) is 6.42 Å². The molecule has 2 aromatic rings. The molecule has 0 bridgehead atoms. The van der Waals surface area contributed by atoms with E-state index in [0.29, 0.717) is 12.3 Å². The Labute approximate surface area is 106 Å². The van der Waals surface area contributed by atoms with Crippen LogP contribution in [0.5, 0.6) is 5.75 Å². The summed E-state index contributed by atoms with van der Waals surface area (Å²) in [5.41, 5.74) is 1.04. The molecule has 1 heterocycles. The normalized spacial score (nSPS) is 10.7. The highest BCUT2D eigenvalue weighted by molar-refractivity contribution is 5.27. The topological polar surface area (TPSA) is 71.2 Å². The van der Waals surface area contributed by atoms with Crippen molar-refractivity contribution in [3.05, 3.63) is 41.5 Å². The van der Waals surface area contributed by atoms with Gasteiger partial charge in [0.15, 0.2) is 5.82 Å². The quantitative estimate of drug-likeness (QED) is 0.757. The van der Waals surface area contributed by atoms with Gasteiger partial charge in [-0.15, -0.1) is 0 Å². The van der Waals surface area contributed by atoms with Crippen molar-refractivity contribution in [3.63, 3.8) is 0 Å². The minimum atomic E-state index is 0.261. The molecule has 0 spiro atoms. The second-order valence-electron chi connectivity index (χ2n) is 4.15. The number of hydrogen-bond donors (Lipinski definition) is 2. The van der Waals surface area contributed by atoms with E-state index in [2.05, 4.69) is 15.5 Å². The molecule has 96 valence electrons. The van der Waals surface area contributed by atoms with Gasteiger partial charge in [-0.1, -0.05) is 17.3 Å². The van der Waals surface area contributed by atoms with Gasteiger partial charge in [-0.3, -0.25) is 0 Å². The Morgan fingerprint density at radius 3 is 2.78 bits per heavy atom. The third-order valence-corrected chi connectivity index (χ3v) is 2.63. The first-order chi connectivity index (χ1) is 8.78. The Morgan fingerprint density at radius 2 is 2.06 bits per heavy atom. The molecule has 18 heavy (non-hydrogen) atoms. The minimum Gasteiger partial charge on any atom is -0.508 e. The lowest BCUT2D eigenvalue weighted by molar-refractivity contribution is 0.378. The summed E-state index contributed by atoms with van der Waals surface area (Å²) in [4.78, 5) is 4.33. The highest BCUT2D eigenvalue weighted by Gasteiger charge is 2.06. The molecule has 2 N–H and O–H groups in total. The lowest BCUT2D eigenvalue weighted by atomic mass is 10.1. The lowest BCUT2D eigenvalue weighted by Gasteiger charge is -1.96. The highest BCUT2D eigenvalue weighted by atomic mass is 16.5. The molecule has 5 nitrogen and oxygen atoms in total. The van der Waals surface area contributed by atoms with Gasteiger partial charge in [0.2, 0.25) is 5.89 Å². The second-order valence-corrected chi connectivity index (χ2v) is 4.15. The van der Waals surface area contributed by atoms with Gasteiger partial charge in [0.25, 0.3) is 0 Å². The van der Waals surface area contributed by atoms with Gasteiger partial charge in [-0.05, 0) is 37.7 Å². The van der Waals surface area contributed by atoms with Crippen molar-refractivity contribution in [1.82, 2.24) is 15.5 Å². The molecule has 0 radical (unpaired) electrons. The Bertz CT molecular complexity index is 479. The summed E-state index contributed by atoms with van der Waals surface area (Å²) in [5, 5.41) is 16.2. The largest absolute Gasteiger partial charge is 0.508 e. The van der Waals surface area contributed by atoms with E-state index < -0.39 is 0 Å². The standard InChI is InChI=1S/C13H17N3O2/c1-14-8-2-3-12-15-13(18-16-12)9-10-4-6-11(17)7-5-10/h4-7,14,17H,2-3,8-9H2,1H3. The fourth-order valence-corrected chi connectivity index (χ4v) is 1.68. The molecule has 1 aromatic carbocycles. The average molecular weight is 247 g/mol. The molecule has 5 heteroatoms. The van der Waals surface area contributed by atoms with Crippen LogP contribution in [0.2, 0.25) is 0 Å². The van der Waals surface area contributed by atoms with E-state index in [1.165, 1.54) is 0 Å². The molecule has 2 rings (SSSR count). The Kier molecular flexibility index (Phi) is 4.30. The zero-order valence-electron chi connectivity index (χ0n) is 10.4. The number of rotatable bonds is 6. The predicted molar refractivity (Wildman–Crippen MR) is 67.5 cm³/mol. The Morgan fingerprint density at radius 1 is 1.28 bits per heavy atom. The van der Waals surface area contributed by atoms with Gasteiger partial charge >= 0.3 is 0 Å². The number of aryl methyl sites for hydroxylation is 1. The summed E-state index contributed by atoms with van der Waals surface area (Å²) in [7, 11) is 1.92. The van der Waals surface area contributed by atoms with Crippen molar-refractivity contribution in [1.29, 1.82) is 0 Å². The summed E-state index contributed by atoms with van der Waals surface area (Å²) in [6.07, 6.45) is 2.41. The fourth-order valence-electron chi connectivity index (χ4n) is 1.68. The van der Waals surface area contributed by atoms with Crippen LogP contribution in [0, 0.1) is 0 Å². The van der Waals surface area contributed by atoms with Crippen molar-refractivity contribution in [3.8, 4) is 5.75 Å². The zero-order chi connectivity index (χ0) is 12.8. The summed E-state index contributed by atoms with van der Waals surface area (Å²) < 4.78 is 5.19. The first-order valence-electron chi connectivity index (χ1n) is 6.02. The van der Waals surface area contributed by atoms with Crippen LogP contribution in [0.4, 0.5) is 0 Å². The third-order valence-electron chi connectivity index (χ3n) is 2.63. The van der Waals surface area contributed by atoms with Crippen molar-refractivity contribution in [2.45, 2.75) is 19.3 Å². The molecule has 0 unspecified atom stereocenters. The second kappa shape index (κ2) is 6.16. The molecule has 0 saturated carbocycles. The zero-order valence-corrected chi connectivity index (χ0v) is 10.4. The lowest BCUT2D eigenvalue weighted by Crippen LogP contribution is -2.08. The minimum absolute atomic E-state index is 0.261. The number of aromatic nitrogens is 2. The molecule has 1 aromatic heterocycles. The van der Waals surface area contributed by atoms with E-state index in [-0.39, 0.29) is 5.75 Å². The van der Waals surface area contributed by atoms with Crippen LogP contribution in [-0.4, -0.2) is 28.8 Å². The molecule has 0 aliphatic rings. The van der Waals surface area contributed by atoms with Gasteiger partial charge < -0.3 is 14.9 Å². The number of phenolic OH excluding ortho intramolecular Hbond substituents is 1. The number of benzene rings is 1. The van der Waals surface area contributed by atoms with Crippen LogP contribution >= 0.6 is 0 Å². The maximum Gasteiger partial charge on any atom is 0.231 e. The van der Waals surface area contributed by atoms with Gasteiger partial charge in [-0.2, -0.15) is 4.98 Å². The predicted octanol–water partition coefficient (Wildman–Crippen LogP) is 1.52. The van der Waals surface area contributed by atoms with Crippen LogP contribution < -0.4 is 5.32 Å². The van der Waals surface area contributed by atoms with Crippen LogP contribution in [0.1, 0.15) is 23.7 Å². The van der Waals surface area contributed by atoms with Crippen LogP contribution in [-0.2, 0) is 12.8 Å². The number of nitrogens with one attached hydrogen (secondary N) is 1. The van der Waals surface area contributed by atoms with E-state index in [1.54, 1.807) is 12.1 Å². The van der Waals surface area contributed by atoms with E-state index in [0.717, 1.165) is 30.8 Å². The summed E-state index contributed by atoms with van der Waals surface area (Å²) in [6.45, 7) is 0.946.